The van der Waals surface area contributed by atoms with Gasteiger partial charge < -0.3 is 9.88 Å². The summed E-state index contributed by atoms with van der Waals surface area (Å²) in [4.78, 5) is 15.4. The Balaban J connectivity index is 1.78. The number of hydrogen-bond donors (Lipinski definition) is 2. The Morgan fingerprint density at radius 2 is 2.00 bits per heavy atom. The number of imidazole rings is 1. The zero-order valence-electron chi connectivity index (χ0n) is 14.0. The number of fused-ring (bicyclic) bond motifs is 1. The van der Waals surface area contributed by atoms with Gasteiger partial charge in [-0.3, -0.25) is 0 Å². The monoisotopic (exact) mass is 392 g/mol. The van der Waals surface area contributed by atoms with Crippen LogP contribution in [0.15, 0.2) is 6.33 Å². The largest absolute Gasteiger partial charge is 0.451 e. The Bertz CT molecular complexity index is 874. The Hall–Kier alpha value is -1.95. The minimum atomic E-state index is -4.67. The number of piperidine rings is 1. The predicted molar refractivity (Wildman–Crippen MR) is 89.1 cm³/mol. The molecule has 2 N–H and O–H groups in total. The summed E-state index contributed by atoms with van der Waals surface area (Å²) in [6.45, 7) is 2.54. The van der Waals surface area contributed by atoms with Gasteiger partial charge in [0.25, 0.3) is 0 Å². The summed E-state index contributed by atoms with van der Waals surface area (Å²) in [5.74, 6) is -1.05. The van der Waals surface area contributed by atoms with E-state index in [1.807, 2.05) is 0 Å². The molecule has 0 amide bonds. The van der Waals surface area contributed by atoms with Crippen molar-refractivity contribution < 1.29 is 21.6 Å². The van der Waals surface area contributed by atoms with Crippen molar-refractivity contribution in [1.29, 1.82) is 0 Å². The lowest BCUT2D eigenvalue weighted by molar-refractivity contribution is -0.144. The number of rotatable bonds is 5. The molecule has 1 aliphatic heterocycles. The van der Waals surface area contributed by atoms with E-state index in [9.17, 15) is 21.6 Å². The molecule has 0 atom stereocenters. The van der Waals surface area contributed by atoms with Gasteiger partial charge in [0.2, 0.25) is 15.8 Å². The molecule has 26 heavy (non-hydrogen) atoms. The number of aromatic amines is 1. The molecule has 0 bridgehead atoms. The van der Waals surface area contributed by atoms with Crippen LogP contribution in [0.4, 0.5) is 19.0 Å². The Kier molecular flexibility index (Phi) is 5.06. The van der Waals surface area contributed by atoms with Crippen LogP contribution >= 0.6 is 0 Å². The molecular weight excluding hydrogens is 373 g/mol. The van der Waals surface area contributed by atoms with Crippen molar-refractivity contribution in [3.8, 4) is 0 Å². The summed E-state index contributed by atoms with van der Waals surface area (Å²) in [6.07, 6.45) is -1.92. The van der Waals surface area contributed by atoms with Crippen LogP contribution in [0.1, 0.15) is 32.0 Å². The lowest BCUT2D eigenvalue weighted by atomic mass is 10.1. The number of halogens is 3. The third kappa shape index (κ3) is 4.06. The third-order valence-corrected chi connectivity index (χ3v) is 5.77. The second-order valence-electron chi connectivity index (χ2n) is 6.17. The normalized spacial score (nSPS) is 17.2. The summed E-state index contributed by atoms with van der Waals surface area (Å²) in [5.41, 5.74) is 0.288. The van der Waals surface area contributed by atoms with Crippen LogP contribution in [0.25, 0.3) is 11.2 Å². The Morgan fingerprint density at radius 3 is 2.62 bits per heavy atom. The van der Waals surface area contributed by atoms with Crippen molar-refractivity contribution in [2.75, 3.05) is 23.7 Å². The molecule has 0 aromatic carbocycles. The summed E-state index contributed by atoms with van der Waals surface area (Å²) in [5, 5.41) is 0. The fraction of sp³-hybridized carbons (Fsp3) is 0.643. The molecular formula is C14H19F3N6O2S. The summed E-state index contributed by atoms with van der Waals surface area (Å²) < 4.78 is 65.5. The number of sulfonamides is 1. The standard InChI is InChI=1S/C14H19F3N6O2S/c1-2-7-26(24,25)22-9-3-5-23(6-4-9)12-10-11(19-8-18-10)20-13(21-12)14(15,16)17/h8-9,22H,2-7H2,1H3,(H,18,19,20,21). The SMILES string of the molecule is CCCS(=O)(=O)NC1CCN(c2nc(C(F)(F)F)nc3nc[nH]c23)CC1. The van der Waals surface area contributed by atoms with Crippen LogP contribution in [-0.2, 0) is 16.2 Å². The van der Waals surface area contributed by atoms with Gasteiger partial charge in [0.1, 0.15) is 5.52 Å². The smallest absolute Gasteiger partial charge is 0.355 e. The van der Waals surface area contributed by atoms with E-state index >= 15 is 0 Å². The number of nitrogens with one attached hydrogen (secondary N) is 2. The summed E-state index contributed by atoms with van der Waals surface area (Å²) in [6, 6.07) is -0.232. The van der Waals surface area contributed by atoms with Crippen LogP contribution < -0.4 is 9.62 Å². The molecule has 144 valence electrons. The van der Waals surface area contributed by atoms with Crippen LogP contribution in [0.3, 0.4) is 0 Å². The minimum Gasteiger partial charge on any atom is -0.355 e. The number of H-pyrrole nitrogens is 1. The average molecular weight is 392 g/mol. The molecule has 0 aliphatic carbocycles. The molecule has 12 heteroatoms. The van der Waals surface area contributed by atoms with Crippen molar-refractivity contribution >= 4 is 27.0 Å². The van der Waals surface area contributed by atoms with Gasteiger partial charge in [-0.2, -0.15) is 13.2 Å². The highest BCUT2D eigenvalue weighted by Crippen LogP contribution is 2.31. The maximum absolute atomic E-state index is 13.0. The van der Waals surface area contributed by atoms with Crippen LogP contribution in [-0.4, -0.2) is 53.2 Å². The van der Waals surface area contributed by atoms with Gasteiger partial charge in [-0.25, -0.2) is 28.1 Å². The topological polar surface area (TPSA) is 104 Å². The lowest BCUT2D eigenvalue weighted by Crippen LogP contribution is -2.45. The number of aromatic nitrogens is 4. The van der Waals surface area contributed by atoms with E-state index in [4.69, 9.17) is 0 Å². The van der Waals surface area contributed by atoms with Gasteiger partial charge in [-0.15, -0.1) is 0 Å². The van der Waals surface area contributed by atoms with Gasteiger partial charge in [0.05, 0.1) is 12.1 Å². The minimum absolute atomic E-state index is 0.0481. The predicted octanol–water partition coefficient (Wildman–Crippen LogP) is 1.67. The molecule has 0 spiro atoms. The zero-order valence-corrected chi connectivity index (χ0v) is 14.9. The fourth-order valence-electron chi connectivity index (χ4n) is 2.96. The maximum atomic E-state index is 13.0. The highest BCUT2D eigenvalue weighted by atomic mass is 32.2. The fourth-order valence-corrected chi connectivity index (χ4v) is 4.36. The van der Waals surface area contributed by atoms with Crippen molar-refractivity contribution in [3.05, 3.63) is 12.2 Å². The van der Waals surface area contributed by atoms with Gasteiger partial charge in [0.15, 0.2) is 11.5 Å². The molecule has 3 heterocycles. The highest BCUT2D eigenvalue weighted by molar-refractivity contribution is 7.89. The summed E-state index contributed by atoms with van der Waals surface area (Å²) in [7, 11) is -3.32. The zero-order chi connectivity index (χ0) is 18.9. The first-order valence-corrected chi connectivity index (χ1v) is 9.88. The number of alkyl halides is 3. The molecule has 2 aromatic heterocycles. The first-order valence-electron chi connectivity index (χ1n) is 8.23. The van der Waals surface area contributed by atoms with Gasteiger partial charge in [-0.05, 0) is 19.3 Å². The average Bonchev–Trinajstić information content (AvgIpc) is 3.02. The molecule has 8 nitrogen and oxygen atoms in total. The summed E-state index contributed by atoms with van der Waals surface area (Å²) >= 11 is 0. The van der Waals surface area contributed by atoms with Crippen LogP contribution in [0.5, 0.6) is 0 Å². The van der Waals surface area contributed by atoms with Crippen molar-refractivity contribution in [2.45, 2.75) is 38.4 Å². The van der Waals surface area contributed by atoms with Crippen molar-refractivity contribution in [2.24, 2.45) is 0 Å². The molecule has 0 saturated carbocycles. The second kappa shape index (κ2) is 6.99. The van der Waals surface area contributed by atoms with Crippen LogP contribution in [0, 0.1) is 0 Å². The highest BCUT2D eigenvalue weighted by Gasteiger charge is 2.37. The van der Waals surface area contributed by atoms with Gasteiger partial charge >= 0.3 is 6.18 Å². The molecule has 1 saturated heterocycles. The van der Waals surface area contributed by atoms with E-state index in [1.165, 1.54) is 6.33 Å². The lowest BCUT2D eigenvalue weighted by Gasteiger charge is -2.33. The van der Waals surface area contributed by atoms with E-state index in [2.05, 4.69) is 24.7 Å². The Morgan fingerprint density at radius 1 is 1.31 bits per heavy atom. The molecule has 0 unspecified atom stereocenters. The van der Waals surface area contributed by atoms with Crippen molar-refractivity contribution in [3.63, 3.8) is 0 Å². The number of anilines is 1. The molecule has 2 aromatic rings. The molecule has 3 rings (SSSR count). The molecule has 0 radical (unpaired) electrons. The second-order valence-corrected chi connectivity index (χ2v) is 8.04. The van der Waals surface area contributed by atoms with Crippen LogP contribution in [0.2, 0.25) is 0 Å². The number of nitrogens with zero attached hydrogens (tertiary/aromatic N) is 4. The number of hydrogen-bond acceptors (Lipinski definition) is 6. The maximum Gasteiger partial charge on any atom is 0.451 e. The quantitative estimate of drug-likeness (QED) is 0.802. The Labute approximate surface area is 148 Å². The van der Waals surface area contributed by atoms with E-state index in [0.29, 0.717) is 37.9 Å². The first kappa shape index (κ1) is 18.8. The van der Waals surface area contributed by atoms with Gasteiger partial charge in [0, 0.05) is 19.1 Å². The molecule has 1 aliphatic rings. The molecule has 1 fully saturated rings. The first-order chi connectivity index (χ1) is 12.2. The van der Waals surface area contributed by atoms with Crippen molar-refractivity contribution in [1.82, 2.24) is 24.7 Å². The van der Waals surface area contributed by atoms with E-state index in [-0.39, 0.29) is 23.3 Å². The van der Waals surface area contributed by atoms with E-state index in [0.717, 1.165) is 0 Å². The van der Waals surface area contributed by atoms with E-state index in [1.54, 1.807) is 11.8 Å². The third-order valence-electron chi connectivity index (χ3n) is 4.13. The van der Waals surface area contributed by atoms with E-state index < -0.39 is 22.0 Å². The van der Waals surface area contributed by atoms with Gasteiger partial charge in [-0.1, -0.05) is 6.92 Å².